The van der Waals surface area contributed by atoms with Gasteiger partial charge in [0.2, 0.25) is 0 Å². The fourth-order valence-corrected chi connectivity index (χ4v) is 9.71. The Morgan fingerprint density at radius 2 is 1.57 bits per heavy atom. The third-order valence-electron chi connectivity index (χ3n) is 12.7. The van der Waals surface area contributed by atoms with E-state index in [1.165, 1.54) is 26.0 Å². The molecule has 4 aliphatic rings. The highest BCUT2D eigenvalue weighted by Crippen LogP contribution is 2.61. The van der Waals surface area contributed by atoms with Gasteiger partial charge in [-0.15, -0.1) is 0 Å². The second kappa shape index (κ2) is 15.5. The Morgan fingerprint density at radius 3 is 2.14 bits per heavy atom. The van der Waals surface area contributed by atoms with Crippen molar-refractivity contribution in [2.45, 2.75) is 134 Å². The van der Waals surface area contributed by atoms with Crippen LogP contribution in [0.1, 0.15) is 103 Å². The molecule has 2 aromatic rings. The summed E-state index contributed by atoms with van der Waals surface area (Å²) >= 11 is 0. The molecule has 0 radical (unpaired) electrons. The predicted octanol–water partition coefficient (Wildman–Crippen LogP) is 4.68. The maximum Gasteiger partial charge on any atom is 0.408 e. The molecule has 2 saturated carbocycles. The van der Waals surface area contributed by atoms with Crippen LogP contribution in [0.4, 0.5) is 4.79 Å². The fourth-order valence-electron chi connectivity index (χ4n) is 9.71. The number of fused-ring (bicyclic) bond motifs is 5. The van der Waals surface area contributed by atoms with Gasteiger partial charge in [0.25, 0.3) is 0 Å². The highest BCUT2D eigenvalue weighted by atomic mass is 16.6. The molecule has 58 heavy (non-hydrogen) atoms. The van der Waals surface area contributed by atoms with Crippen molar-refractivity contribution in [1.29, 1.82) is 0 Å². The summed E-state index contributed by atoms with van der Waals surface area (Å²) in [7, 11) is 0. The van der Waals surface area contributed by atoms with E-state index in [9.17, 15) is 34.5 Å². The third-order valence-corrected chi connectivity index (χ3v) is 12.7. The van der Waals surface area contributed by atoms with Crippen LogP contribution >= 0.6 is 0 Å². The molecule has 4 N–H and O–H groups in total. The number of rotatable bonds is 8. The van der Waals surface area contributed by atoms with Gasteiger partial charge in [0.05, 0.1) is 47.7 Å². The van der Waals surface area contributed by atoms with Crippen LogP contribution in [-0.4, -0.2) is 99.0 Å². The minimum Gasteiger partial charge on any atom is -0.458 e. The van der Waals surface area contributed by atoms with E-state index >= 15 is 4.79 Å². The van der Waals surface area contributed by atoms with Gasteiger partial charge in [-0.25, -0.2) is 9.59 Å². The summed E-state index contributed by atoms with van der Waals surface area (Å²) in [5.74, 6) is -4.43. The number of ketones is 1. The van der Waals surface area contributed by atoms with Gasteiger partial charge in [-0.05, 0) is 63.5 Å². The number of esters is 3. The lowest BCUT2D eigenvalue weighted by Gasteiger charge is -2.63. The minimum atomic E-state index is -1.96. The van der Waals surface area contributed by atoms with Gasteiger partial charge in [-0.3, -0.25) is 14.4 Å². The predicted molar refractivity (Wildman–Crippen MR) is 207 cm³/mol. The average Bonchev–Trinajstić information content (AvgIpc) is 3.14. The molecule has 3 aliphatic carbocycles. The second-order valence-corrected chi connectivity index (χ2v) is 17.9. The normalized spacial score (nSPS) is 33.3. The SMILES string of the molecule is CC(=O)O[C@@]12CO[C@@H]1C[C@H](O)[C@@]1(C)C(=O)[C@H](O)C3=C(C)[C@@H](OC(=O)C[C@@H](NC(=O)OC(C)(C)C)c4ccccc4)C[C@@](O)(C[C@@H](OC(=O)c4ccccc4)[C@H]21)C3(C)C. The van der Waals surface area contributed by atoms with Crippen LogP contribution in [0.3, 0.4) is 0 Å². The lowest BCUT2D eigenvalue weighted by Crippen LogP contribution is -2.77. The summed E-state index contributed by atoms with van der Waals surface area (Å²) in [6.07, 6.45) is -8.82. The zero-order chi connectivity index (χ0) is 42.6. The molecule has 314 valence electrons. The summed E-state index contributed by atoms with van der Waals surface area (Å²) in [5.41, 5.74) is -6.55. The lowest BCUT2D eigenvalue weighted by atomic mass is 9.52. The Morgan fingerprint density at radius 1 is 0.948 bits per heavy atom. The number of aliphatic hydroxyl groups is 3. The Bertz CT molecular complexity index is 1960. The van der Waals surface area contributed by atoms with Crippen molar-refractivity contribution in [2.24, 2.45) is 16.7 Å². The van der Waals surface area contributed by atoms with Crippen LogP contribution < -0.4 is 5.32 Å². The summed E-state index contributed by atoms with van der Waals surface area (Å²) in [5, 5.41) is 40.0. The highest BCUT2D eigenvalue weighted by Gasteiger charge is 2.74. The van der Waals surface area contributed by atoms with Gasteiger partial charge < -0.3 is 44.3 Å². The number of amides is 1. The van der Waals surface area contributed by atoms with E-state index in [1.807, 2.05) is 0 Å². The standard InChI is InChI=1S/C44H55NO13/c1-24-29(55-33(48)19-28(26-15-11-9-12-16-26)45-39(52)58-40(3,4)5)21-43(53)22-30(56-38(51)27-17-13-10-14-18-27)36-42(8,37(50)35(49)34(24)41(43,6)7)31(47)20-32-44(36,23-54-32)57-25(2)46/h9-18,28-32,35-36,47,49,53H,19-23H2,1-8H3,(H,45,52)/t28-,29+,30-,31+,32-,35-,36+,42-,43-,44+/m1/s1. The summed E-state index contributed by atoms with van der Waals surface area (Å²) in [4.78, 5) is 68.7. The first-order chi connectivity index (χ1) is 27.0. The topological polar surface area (TPSA) is 204 Å². The van der Waals surface area contributed by atoms with Crippen LogP contribution in [0.15, 0.2) is 71.8 Å². The van der Waals surface area contributed by atoms with Crippen molar-refractivity contribution in [1.82, 2.24) is 5.32 Å². The summed E-state index contributed by atoms with van der Waals surface area (Å²) in [6, 6.07) is 16.0. The van der Waals surface area contributed by atoms with Crippen LogP contribution in [-0.2, 0) is 38.1 Å². The van der Waals surface area contributed by atoms with Crippen LogP contribution in [0.25, 0.3) is 0 Å². The van der Waals surface area contributed by atoms with Crippen molar-refractivity contribution >= 4 is 29.8 Å². The van der Waals surface area contributed by atoms with E-state index in [2.05, 4.69) is 5.32 Å². The molecule has 14 nitrogen and oxygen atoms in total. The first kappa shape index (κ1) is 43.0. The second-order valence-electron chi connectivity index (χ2n) is 17.9. The largest absolute Gasteiger partial charge is 0.458 e. The monoisotopic (exact) mass is 805 g/mol. The molecule has 2 bridgehead atoms. The van der Waals surface area contributed by atoms with E-state index in [1.54, 1.807) is 90.1 Å². The van der Waals surface area contributed by atoms with E-state index < -0.39 is 99.9 Å². The first-order valence-electron chi connectivity index (χ1n) is 19.7. The number of hydrogen-bond acceptors (Lipinski definition) is 13. The number of carbonyl (C=O) groups excluding carboxylic acids is 5. The van der Waals surface area contributed by atoms with Crippen LogP contribution in [0.5, 0.6) is 0 Å². The van der Waals surface area contributed by atoms with Crippen molar-refractivity contribution in [2.75, 3.05) is 6.61 Å². The fraction of sp³-hybridized carbons (Fsp3) is 0.568. The lowest BCUT2D eigenvalue weighted by molar-refractivity contribution is -0.331. The number of benzene rings is 2. The van der Waals surface area contributed by atoms with Gasteiger partial charge >= 0.3 is 24.0 Å². The Kier molecular flexibility index (Phi) is 11.5. The maximum absolute atomic E-state index is 15.1. The van der Waals surface area contributed by atoms with E-state index in [0.29, 0.717) is 11.1 Å². The van der Waals surface area contributed by atoms with Crippen molar-refractivity contribution in [3.05, 3.63) is 82.9 Å². The number of aliphatic hydroxyl groups excluding tert-OH is 2. The number of Topliss-reactive ketones (excluding diaryl/α,β-unsaturated/α-hetero) is 1. The number of ether oxygens (including phenoxy) is 5. The van der Waals surface area contributed by atoms with Gasteiger partial charge in [0.1, 0.15) is 30.0 Å². The van der Waals surface area contributed by atoms with E-state index in [0.717, 1.165) is 0 Å². The Labute approximate surface area is 338 Å². The maximum atomic E-state index is 15.1. The van der Waals surface area contributed by atoms with Crippen LogP contribution in [0, 0.1) is 16.7 Å². The smallest absolute Gasteiger partial charge is 0.408 e. The highest BCUT2D eigenvalue weighted by molar-refractivity contribution is 5.93. The molecular weight excluding hydrogens is 750 g/mol. The zero-order valence-corrected chi connectivity index (χ0v) is 34.3. The van der Waals surface area contributed by atoms with Crippen molar-refractivity contribution < 1.29 is 63.0 Å². The molecule has 6 rings (SSSR count). The molecule has 3 fully saturated rings. The molecule has 10 atom stereocenters. The molecule has 1 heterocycles. The first-order valence-corrected chi connectivity index (χ1v) is 19.7. The number of carbonyl (C=O) groups is 5. The van der Waals surface area contributed by atoms with Gasteiger partial charge in [0, 0.05) is 31.6 Å². The van der Waals surface area contributed by atoms with E-state index in [4.69, 9.17) is 23.7 Å². The van der Waals surface area contributed by atoms with Gasteiger partial charge in [0.15, 0.2) is 11.4 Å². The molecule has 14 heteroatoms. The third kappa shape index (κ3) is 7.67. The number of hydrogen-bond donors (Lipinski definition) is 4. The molecule has 0 unspecified atom stereocenters. The van der Waals surface area contributed by atoms with E-state index in [-0.39, 0.29) is 43.4 Å². The van der Waals surface area contributed by atoms with Crippen molar-refractivity contribution in [3.8, 4) is 0 Å². The number of alkyl carbamates (subject to hydrolysis) is 1. The molecular formula is C44H55NO13. The molecule has 1 saturated heterocycles. The summed E-state index contributed by atoms with van der Waals surface area (Å²) in [6.45, 7) is 12.5. The Hall–Kier alpha value is -4.63. The molecule has 1 aliphatic heterocycles. The minimum absolute atomic E-state index is 0.0752. The Balaban J connectivity index is 1.43. The van der Waals surface area contributed by atoms with Crippen molar-refractivity contribution in [3.63, 3.8) is 0 Å². The molecule has 0 aromatic heterocycles. The zero-order valence-electron chi connectivity index (χ0n) is 34.3. The molecule has 1 amide bonds. The number of nitrogens with one attached hydrogen (secondary N) is 1. The van der Waals surface area contributed by atoms with Gasteiger partial charge in [-0.1, -0.05) is 62.4 Å². The van der Waals surface area contributed by atoms with Gasteiger partial charge in [-0.2, -0.15) is 0 Å². The molecule has 0 spiro atoms. The summed E-state index contributed by atoms with van der Waals surface area (Å²) < 4.78 is 29.7. The quantitative estimate of drug-likeness (QED) is 0.163. The molecule has 2 aromatic carbocycles. The van der Waals surface area contributed by atoms with Crippen LogP contribution in [0.2, 0.25) is 0 Å². The average molecular weight is 806 g/mol.